The number of aromatic nitrogens is 4. The number of rotatable bonds is 3. The average molecular weight is 301 g/mol. The number of aryl methyl sites for hydroxylation is 2. The van der Waals surface area contributed by atoms with Crippen molar-refractivity contribution >= 4 is 5.91 Å². The number of hydrogen-bond donors (Lipinski definition) is 2. The number of aromatic amines is 1. The summed E-state index contributed by atoms with van der Waals surface area (Å²) in [4.78, 5) is 11.8. The largest absolute Gasteiger partial charge is 0.432 e. The monoisotopic (exact) mass is 301 g/mol. The van der Waals surface area contributed by atoms with Gasteiger partial charge in [-0.25, -0.2) is 0 Å². The van der Waals surface area contributed by atoms with Crippen LogP contribution >= 0.6 is 0 Å². The molecule has 21 heavy (non-hydrogen) atoms. The third-order valence-corrected chi connectivity index (χ3v) is 3.20. The van der Waals surface area contributed by atoms with E-state index in [4.69, 9.17) is 0 Å². The Morgan fingerprint density at radius 2 is 2.10 bits per heavy atom. The summed E-state index contributed by atoms with van der Waals surface area (Å²) in [5, 5.41) is 11.9. The first-order valence-corrected chi connectivity index (χ1v) is 6.10. The lowest BCUT2D eigenvalue weighted by atomic mass is 10.2. The van der Waals surface area contributed by atoms with Crippen molar-refractivity contribution in [2.75, 3.05) is 0 Å². The molecule has 0 saturated carbocycles. The number of nitrogens with one attached hydrogen (secondary N) is 2. The predicted octanol–water partition coefficient (Wildman–Crippen LogP) is 1.71. The third kappa shape index (κ3) is 3.06. The fourth-order valence-corrected chi connectivity index (χ4v) is 1.92. The summed E-state index contributed by atoms with van der Waals surface area (Å²) >= 11 is 0. The van der Waals surface area contributed by atoms with Crippen molar-refractivity contribution in [3.05, 3.63) is 34.4 Å². The highest BCUT2D eigenvalue weighted by Gasteiger charge is 2.33. The van der Waals surface area contributed by atoms with Gasteiger partial charge in [0.2, 0.25) is 0 Å². The number of amides is 1. The molecule has 0 aliphatic carbocycles. The molecule has 0 saturated heterocycles. The summed E-state index contributed by atoms with van der Waals surface area (Å²) < 4.78 is 38.9. The maximum absolute atomic E-state index is 12.4. The normalized spacial score (nSPS) is 11.7. The van der Waals surface area contributed by atoms with Crippen LogP contribution in [0, 0.1) is 13.8 Å². The summed E-state index contributed by atoms with van der Waals surface area (Å²) in [5.41, 5.74) is 1.11. The second kappa shape index (κ2) is 5.23. The van der Waals surface area contributed by atoms with Crippen molar-refractivity contribution in [2.45, 2.75) is 26.6 Å². The van der Waals surface area contributed by atoms with Gasteiger partial charge >= 0.3 is 6.18 Å². The number of carbonyl (C=O) groups is 1. The van der Waals surface area contributed by atoms with E-state index in [2.05, 4.69) is 15.5 Å². The molecule has 2 rings (SSSR count). The second-order valence-electron chi connectivity index (χ2n) is 4.62. The van der Waals surface area contributed by atoms with Crippen molar-refractivity contribution in [2.24, 2.45) is 7.05 Å². The lowest BCUT2D eigenvalue weighted by Crippen LogP contribution is -2.23. The third-order valence-electron chi connectivity index (χ3n) is 3.20. The molecule has 1 amide bonds. The van der Waals surface area contributed by atoms with E-state index in [1.54, 1.807) is 23.8 Å². The molecule has 0 aliphatic heterocycles. The van der Waals surface area contributed by atoms with Gasteiger partial charge in [-0.1, -0.05) is 0 Å². The predicted molar refractivity (Wildman–Crippen MR) is 67.4 cm³/mol. The average Bonchev–Trinajstić information content (AvgIpc) is 2.95. The summed E-state index contributed by atoms with van der Waals surface area (Å²) in [6.45, 7) is 3.82. The summed E-state index contributed by atoms with van der Waals surface area (Å²) in [5.74, 6) is -0.676. The van der Waals surface area contributed by atoms with Gasteiger partial charge in [0.1, 0.15) is 5.69 Å². The molecule has 0 fully saturated rings. The van der Waals surface area contributed by atoms with Gasteiger partial charge in [-0.2, -0.15) is 23.4 Å². The maximum atomic E-state index is 12.4. The fourth-order valence-electron chi connectivity index (χ4n) is 1.92. The SMILES string of the molecule is Cc1nn(C)c(C)c1CNC(=O)c1cc(C(F)(F)F)[nH]n1. The van der Waals surface area contributed by atoms with Crippen molar-refractivity contribution in [1.29, 1.82) is 0 Å². The minimum Gasteiger partial charge on any atom is -0.346 e. The van der Waals surface area contributed by atoms with E-state index in [0.717, 1.165) is 17.0 Å². The lowest BCUT2D eigenvalue weighted by Gasteiger charge is -2.04. The Morgan fingerprint density at radius 3 is 2.57 bits per heavy atom. The molecule has 0 aliphatic rings. The number of nitrogens with zero attached hydrogens (tertiary/aromatic N) is 3. The molecule has 6 nitrogen and oxygen atoms in total. The van der Waals surface area contributed by atoms with Crippen LogP contribution in [-0.4, -0.2) is 25.9 Å². The van der Waals surface area contributed by atoms with E-state index in [-0.39, 0.29) is 12.2 Å². The van der Waals surface area contributed by atoms with Gasteiger partial charge in [0.05, 0.1) is 5.69 Å². The molecule has 0 radical (unpaired) electrons. The summed E-state index contributed by atoms with van der Waals surface area (Å²) in [7, 11) is 1.77. The van der Waals surface area contributed by atoms with Crippen molar-refractivity contribution < 1.29 is 18.0 Å². The Hall–Kier alpha value is -2.32. The van der Waals surface area contributed by atoms with Crippen LogP contribution in [-0.2, 0) is 19.8 Å². The van der Waals surface area contributed by atoms with Crippen LogP contribution in [0.5, 0.6) is 0 Å². The molecule has 0 bridgehead atoms. The molecule has 114 valence electrons. The van der Waals surface area contributed by atoms with Gasteiger partial charge < -0.3 is 5.32 Å². The van der Waals surface area contributed by atoms with Crippen LogP contribution in [0.2, 0.25) is 0 Å². The minimum atomic E-state index is -4.55. The lowest BCUT2D eigenvalue weighted by molar-refractivity contribution is -0.141. The topological polar surface area (TPSA) is 75.6 Å². The van der Waals surface area contributed by atoms with Crippen molar-refractivity contribution in [3.63, 3.8) is 0 Å². The van der Waals surface area contributed by atoms with Crippen LogP contribution in [0.3, 0.4) is 0 Å². The van der Waals surface area contributed by atoms with Crippen LogP contribution in [0.1, 0.15) is 33.1 Å². The first-order valence-electron chi connectivity index (χ1n) is 6.10. The molecule has 2 N–H and O–H groups in total. The van der Waals surface area contributed by atoms with Gasteiger partial charge in [-0.05, 0) is 13.8 Å². The molecule has 0 atom stereocenters. The molecule has 0 aromatic carbocycles. The van der Waals surface area contributed by atoms with E-state index in [0.29, 0.717) is 6.07 Å². The number of H-pyrrole nitrogens is 1. The van der Waals surface area contributed by atoms with Gasteiger partial charge in [0.25, 0.3) is 5.91 Å². The highest BCUT2D eigenvalue weighted by molar-refractivity contribution is 5.92. The molecule has 0 spiro atoms. The van der Waals surface area contributed by atoms with E-state index in [1.807, 2.05) is 6.92 Å². The van der Waals surface area contributed by atoms with Gasteiger partial charge in [-0.3, -0.25) is 14.6 Å². The zero-order valence-corrected chi connectivity index (χ0v) is 11.7. The van der Waals surface area contributed by atoms with E-state index < -0.39 is 17.8 Å². The summed E-state index contributed by atoms with van der Waals surface area (Å²) in [6.07, 6.45) is -4.55. The fraction of sp³-hybridized carbons (Fsp3) is 0.417. The van der Waals surface area contributed by atoms with E-state index >= 15 is 0 Å². The molecular formula is C12H14F3N5O. The minimum absolute atomic E-state index is 0.179. The Morgan fingerprint density at radius 1 is 1.43 bits per heavy atom. The van der Waals surface area contributed by atoms with E-state index in [1.165, 1.54) is 0 Å². The molecular weight excluding hydrogens is 287 g/mol. The zero-order chi connectivity index (χ0) is 15.8. The Labute approximate surface area is 118 Å². The van der Waals surface area contributed by atoms with Crippen molar-refractivity contribution in [1.82, 2.24) is 25.3 Å². The first kappa shape index (κ1) is 15.1. The second-order valence-corrected chi connectivity index (χ2v) is 4.62. The maximum Gasteiger partial charge on any atom is 0.432 e. The number of carbonyl (C=O) groups excluding carboxylic acids is 1. The van der Waals surface area contributed by atoms with Gasteiger partial charge in [0, 0.05) is 30.9 Å². The van der Waals surface area contributed by atoms with Gasteiger partial charge in [0.15, 0.2) is 5.69 Å². The quantitative estimate of drug-likeness (QED) is 0.906. The van der Waals surface area contributed by atoms with Crippen molar-refractivity contribution in [3.8, 4) is 0 Å². The summed E-state index contributed by atoms with van der Waals surface area (Å²) in [6, 6.07) is 0.679. The van der Waals surface area contributed by atoms with E-state index in [9.17, 15) is 18.0 Å². The molecule has 2 heterocycles. The number of hydrogen-bond acceptors (Lipinski definition) is 3. The van der Waals surface area contributed by atoms with Crippen LogP contribution in [0.15, 0.2) is 6.07 Å². The Balaban J connectivity index is 2.07. The van der Waals surface area contributed by atoms with Crippen LogP contribution in [0.25, 0.3) is 0 Å². The number of halogens is 3. The molecule has 9 heteroatoms. The standard InChI is InChI=1S/C12H14F3N5O/c1-6-8(7(2)20(3)19-6)5-16-11(21)9-4-10(18-17-9)12(13,14)15/h4H,5H2,1-3H3,(H,16,21)(H,17,18). The molecule has 2 aromatic heterocycles. The molecule has 0 unspecified atom stereocenters. The van der Waals surface area contributed by atoms with Gasteiger partial charge in [-0.15, -0.1) is 0 Å². The smallest absolute Gasteiger partial charge is 0.346 e. The number of alkyl halides is 3. The molecule has 2 aromatic rings. The zero-order valence-electron chi connectivity index (χ0n) is 11.7. The Bertz CT molecular complexity index is 671. The first-order chi connectivity index (χ1) is 9.70. The van der Waals surface area contributed by atoms with Crippen LogP contribution < -0.4 is 5.32 Å². The highest BCUT2D eigenvalue weighted by atomic mass is 19.4. The van der Waals surface area contributed by atoms with Crippen LogP contribution in [0.4, 0.5) is 13.2 Å². The Kier molecular flexibility index (Phi) is 3.75. The highest BCUT2D eigenvalue weighted by Crippen LogP contribution is 2.27.